The molecule has 0 saturated carbocycles. The van der Waals surface area contributed by atoms with Crippen LogP contribution < -0.4 is 0 Å². The molecule has 0 radical (unpaired) electrons. The maximum Gasteiger partial charge on any atom is 0.0506 e. The number of nitrogens with one attached hydrogen (secondary N) is 1. The van der Waals surface area contributed by atoms with Crippen molar-refractivity contribution >= 4 is 0 Å². The zero-order valence-electron chi connectivity index (χ0n) is 11.0. The number of H-pyrrole nitrogens is 1. The second kappa shape index (κ2) is 5.85. The second-order valence-electron chi connectivity index (χ2n) is 5.67. The number of rotatable bonds is 3. The molecule has 2 aliphatic rings. The van der Waals surface area contributed by atoms with Crippen LogP contribution in [0.4, 0.5) is 0 Å². The van der Waals surface area contributed by atoms with Gasteiger partial charge in [0, 0.05) is 31.0 Å². The Morgan fingerprint density at radius 1 is 1.33 bits per heavy atom. The molecule has 1 N–H and O–H groups in total. The molecule has 4 nitrogen and oxygen atoms in total. The van der Waals surface area contributed by atoms with Gasteiger partial charge >= 0.3 is 0 Å². The van der Waals surface area contributed by atoms with Gasteiger partial charge in [-0.05, 0) is 50.8 Å². The van der Waals surface area contributed by atoms with E-state index in [2.05, 4.69) is 21.2 Å². The lowest BCUT2D eigenvalue weighted by molar-refractivity contribution is 0.0345. The fourth-order valence-electron chi connectivity index (χ4n) is 3.24. The molecule has 2 aliphatic heterocycles. The predicted molar refractivity (Wildman–Crippen MR) is 70.5 cm³/mol. The van der Waals surface area contributed by atoms with Gasteiger partial charge in [0.2, 0.25) is 0 Å². The summed E-state index contributed by atoms with van der Waals surface area (Å²) >= 11 is 0. The lowest BCUT2D eigenvalue weighted by atomic mass is 9.92. The van der Waals surface area contributed by atoms with Crippen LogP contribution in [0.2, 0.25) is 0 Å². The Bertz CT molecular complexity index is 338. The van der Waals surface area contributed by atoms with E-state index in [1.807, 2.05) is 6.20 Å². The number of piperidine rings is 1. The molecule has 1 aromatic heterocycles. The van der Waals surface area contributed by atoms with Crippen LogP contribution in [0, 0.1) is 5.92 Å². The molecule has 0 aliphatic carbocycles. The molecular formula is C14H23N3O. The minimum absolute atomic E-state index is 0.686. The smallest absolute Gasteiger partial charge is 0.0506 e. The van der Waals surface area contributed by atoms with E-state index in [0.29, 0.717) is 5.92 Å². The summed E-state index contributed by atoms with van der Waals surface area (Å²) in [6.07, 6.45) is 6.97. The minimum atomic E-state index is 0.686. The number of nitrogens with zero attached hydrogens (tertiary/aromatic N) is 2. The van der Waals surface area contributed by atoms with Gasteiger partial charge in [-0.3, -0.25) is 5.10 Å². The Labute approximate surface area is 109 Å². The third-order valence-electron chi connectivity index (χ3n) is 4.32. The lowest BCUT2D eigenvalue weighted by Gasteiger charge is -2.34. The molecule has 2 fully saturated rings. The van der Waals surface area contributed by atoms with E-state index in [0.717, 1.165) is 19.1 Å². The molecule has 0 aromatic carbocycles. The highest BCUT2D eigenvalue weighted by atomic mass is 16.5. The van der Waals surface area contributed by atoms with Crippen LogP contribution in [0.1, 0.15) is 37.3 Å². The lowest BCUT2D eigenvalue weighted by Crippen LogP contribution is -2.38. The van der Waals surface area contributed by atoms with E-state index < -0.39 is 0 Å². The molecule has 18 heavy (non-hydrogen) atoms. The molecule has 3 rings (SSSR count). The van der Waals surface area contributed by atoms with E-state index >= 15 is 0 Å². The Kier molecular flexibility index (Phi) is 3.96. The van der Waals surface area contributed by atoms with Crippen LogP contribution in [0.5, 0.6) is 0 Å². The van der Waals surface area contributed by atoms with Gasteiger partial charge in [0.05, 0.1) is 6.61 Å². The Morgan fingerprint density at radius 2 is 2.22 bits per heavy atom. The van der Waals surface area contributed by atoms with E-state index in [9.17, 15) is 0 Å². The third kappa shape index (κ3) is 2.93. The SMILES string of the molecule is c1cc(C2CCN(CC3CCCOC3)CC2)[nH]n1. The highest BCUT2D eigenvalue weighted by Crippen LogP contribution is 2.27. The Morgan fingerprint density at radius 3 is 2.89 bits per heavy atom. The van der Waals surface area contributed by atoms with Crippen molar-refractivity contribution < 1.29 is 4.74 Å². The molecule has 0 bridgehead atoms. The zero-order chi connectivity index (χ0) is 12.2. The number of aromatic amines is 1. The topological polar surface area (TPSA) is 41.1 Å². The molecule has 100 valence electrons. The standard InChI is InChI=1S/C14H23N3O/c1-2-12(11-18-9-1)10-17-7-4-13(5-8-17)14-3-6-15-16-14/h3,6,12-13H,1-2,4-5,7-11H2,(H,15,16). The third-order valence-corrected chi connectivity index (χ3v) is 4.32. The summed E-state index contributed by atoms with van der Waals surface area (Å²) in [7, 11) is 0. The second-order valence-corrected chi connectivity index (χ2v) is 5.67. The summed E-state index contributed by atoms with van der Waals surface area (Å²) in [6, 6.07) is 2.12. The molecule has 0 spiro atoms. The molecule has 1 aromatic rings. The van der Waals surface area contributed by atoms with Crippen molar-refractivity contribution in [1.29, 1.82) is 0 Å². The first kappa shape index (κ1) is 12.2. The first-order valence-electron chi connectivity index (χ1n) is 7.21. The summed E-state index contributed by atoms with van der Waals surface area (Å²) in [5.74, 6) is 1.45. The molecule has 3 heterocycles. The highest BCUT2D eigenvalue weighted by Gasteiger charge is 2.24. The number of hydrogen-bond donors (Lipinski definition) is 1. The van der Waals surface area contributed by atoms with Crippen molar-refractivity contribution in [3.63, 3.8) is 0 Å². The van der Waals surface area contributed by atoms with Crippen LogP contribution in [-0.4, -0.2) is 47.9 Å². The van der Waals surface area contributed by atoms with Crippen LogP contribution in [0.15, 0.2) is 12.3 Å². The number of hydrogen-bond acceptors (Lipinski definition) is 3. The molecule has 0 amide bonds. The van der Waals surface area contributed by atoms with Gasteiger partial charge in [0.25, 0.3) is 0 Å². The van der Waals surface area contributed by atoms with Crippen LogP contribution in [-0.2, 0) is 4.74 Å². The molecule has 1 unspecified atom stereocenters. The largest absolute Gasteiger partial charge is 0.381 e. The summed E-state index contributed by atoms with van der Waals surface area (Å²) in [6.45, 7) is 5.62. The number of ether oxygens (including phenoxy) is 1. The maximum absolute atomic E-state index is 5.56. The monoisotopic (exact) mass is 249 g/mol. The normalized spacial score (nSPS) is 27.4. The van der Waals surface area contributed by atoms with E-state index in [4.69, 9.17) is 4.74 Å². The van der Waals surface area contributed by atoms with Gasteiger partial charge in [-0.15, -0.1) is 0 Å². The van der Waals surface area contributed by atoms with E-state index in [1.165, 1.54) is 51.0 Å². The average molecular weight is 249 g/mol. The quantitative estimate of drug-likeness (QED) is 0.891. The molecule has 1 atom stereocenters. The Hall–Kier alpha value is -0.870. The summed E-state index contributed by atoms with van der Waals surface area (Å²) in [5.41, 5.74) is 1.32. The summed E-state index contributed by atoms with van der Waals surface area (Å²) in [4.78, 5) is 2.62. The predicted octanol–water partition coefficient (Wildman–Crippen LogP) is 2.02. The van der Waals surface area contributed by atoms with Gasteiger partial charge < -0.3 is 9.64 Å². The Balaban J connectivity index is 1.45. The van der Waals surface area contributed by atoms with Gasteiger partial charge in [-0.2, -0.15) is 5.10 Å². The van der Waals surface area contributed by atoms with Crippen molar-refractivity contribution in [2.24, 2.45) is 5.92 Å². The summed E-state index contributed by atoms with van der Waals surface area (Å²) < 4.78 is 5.56. The van der Waals surface area contributed by atoms with Crippen molar-refractivity contribution in [3.05, 3.63) is 18.0 Å². The van der Waals surface area contributed by atoms with Crippen LogP contribution in [0.25, 0.3) is 0 Å². The first-order valence-corrected chi connectivity index (χ1v) is 7.21. The molecule has 2 saturated heterocycles. The van der Waals surface area contributed by atoms with Gasteiger partial charge in [0.1, 0.15) is 0 Å². The van der Waals surface area contributed by atoms with Gasteiger partial charge in [0.15, 0.2) is 0 Å². The fourth-order valence-corrected chi connectivity index (χ4v) is 3.24. The number of likely N-dealkylation sites (tertiary alicyclic amines) is 1. The first-order chi connectivity index (χ1) is 8.92. The van der Waals surface area contributed by atoms with Gasteiger partial charge in [-0.25, -0.2) is 0 Å². The maximum atomic E-state index is 5.56. The van der Waals surface area contributed by atoms with Crippen LogP contribution in [0.3, 0.4) is 0 Å². The van der Waals surface area contributed by atoms with Crippen molar-refractivity contribution in [1.82, 2.24) is 15.1 Å². The van der Waals surface area contributed by atoms with E-state index in [1.54, 1.807) is 0 Å². The highest BCUT2D eigenvalue weighted by molar-refractivity contribution is 5.06. The van der Waals surface area contributed by atoms with Crippen molar-refractivity contribution in [2.75, 3.05) is 32.8 Å². The fraction of sp³-hybridized carbons (Fsp3) is 0.786. The van der Waals surface area contributed by atoms with Crippen molar-refractivity contribution in [3.8, 4) is 0 Å². The van der Waals surface area contributed by atoms with Crippen LogP contribution >= 0.6 is 0 Å². The van der Waals surface area contributed by atoms with Crippen molar-refractivity contribution in [2.45, 2.75) is 31.6 Å². The van der Waals surface area contributed by atoms with E-state index in [-0.39, 0.29) is 0 Å². The average Bonchev–Trinajstić information content (AvgIpc) is 2.95. The van der Waals surface area contributed by atoms with Gasteiger partial charge in [-0.1, -0.05) is 0 Å². The molecule has 4 heteroatoms. The number of aromatic nitrogens is 2. The minimum Gasteiger partial charge on any atom is -0.381 e. The molecular weight excluding hydrogens is 226 g/mol. The summed E-state index contributed by atoms with van der Waals surface area (Å²) in [5, 5.41) is 7.17. The zero-order valence-corrected chi connectivity index (χ0v) is 11.0.